The Morgan fingerprint density at radius 2 is 1.74 bits per heavy atom. The molecule has 0 amide bonds. The minimum atomic E-state index is -0.269. The summed E-state index contributed by atoms with van der Waals surface area (Å²) < 4.78 is 0. The van der Waals surface area contributed by atoms with Crippen molar-refractivity contribution in [2.45, 2.75) is 39.2 Å². The van der Waals surface area contributed by atoms with Crippen molar-refractivity contribution in [3.8, 4) is 0 Å². The lowest BCUT2D eigenvalue weighted by molar-refractivity contribution is 0.129. The van der Waals surface area contributed by atoms with Crippen molar-refractivity contribution in [2.24, 2.45) is 29.6 Å². The summed E-state index contributed by atoms with van der Waals surface area (Å²) >= 11 is 6.16. The fourth-order valence-corrected chi connectivity index (χ4v) is 5.36. The first-order valence-corrected chi connectivity index (χ1v) is 7.90. The van der Waals surface area contributed by atoms with Gasteiger partial charge in [0.25, 0.3) is 0 Å². The first-order chi connectivity index (χ1) is 9.08. The van der Waals surface area contributed by atoms with Gasteiger partial charge in [0.05, 0.1) is 6.10 Å². The van der Waals surface area contributed by atoms with Gasteiger partial charge in [-0.25, -0.2) is 0 Å². The van der Waals surface area contributed by atoms with E-state index in [-0.39, 0.29) is 6.10 Å². The van der Waals surface area contributed by atoms with E-state index < -0.39 is 0 Å². The van der Waals surface area contributed by atoms with Gasteiger partial charge >= 0.3 is 0 Å². The second-order valence-corrected chi connectivity index (χ2v) is 7.38. The minimum Gasteiger partial charge on any atom is -0.388 e. The van der Waals surface area contributed by atoms with E-state index >= 15 is 0 Å². The van der Waals surface area contributed by atoms with E-state index in [2.05, 4.69) is 13.0 Å². The molecule has 1 aromatic carbocycles. The maximum Gasteiger partial charge on any atom is 0.0826 e. The molecule has 2 heteroatoms. The van der Waals surface area contributed by atoms with Crippen molar-refractivity contribution in [3.63, 3.8) is 0 Å². The van der Waals surface area contributed by atoms with Crippen LogP contribution in [0.3, 0.4) is 0 Å². The van der Waals surface area contributed by atoms with Gasteiger partial charge in [-0.15, -0.1) is 0 Å². The van der Waals surface area contributed by atoms with Gasteiger partial charge in [-0.05, 0) is 85.5 Å². The summed E-state index contributed by atoms with van der Waals surface area (Å²) in [6.07, 6.45) is 3.99. The van der Waals surface area contributed by atoms with Gasteiger partial charge in [0, 0.05) is 5.02 Å². The van der Waals surface area contributed by atoms with Crippen LogP contribution >= 0.6 is 11.6 Å². The summed E-state index contributed by atoms with van der Waals surface area (Å²) in [5, 5.41) is 11.6. The van der Waals surface area contributed by atoms with Crippen LogP contribution in [-0.4, -0.2) is 5.11 Å². The van der Waals surface area contributed by atoms with Crippen molar-refractivity contribution < 1.29 is 5.11 Å². The number of aryl methyl sites for hydroxylation is 2. The zero-order valence-corrected chi connectivity index (χ0v) is 12.3. The van der Waals surface area contributed by atoms with Crippen LogP contribution in [-0.2, 0) is 0 Å². The monoisotopic (exact) mass is 276 g/mol. The average molecular weight is 277 g/mol. The van der Waals surface area contributed by atoms with E-state index in [9.17, 15) is 5.11 Å². The van der Waals surface area contributed by atoms with Gasteiger partial charge in [0.15, 0.2) is 0 Å². The molecule has 19 heavy (non-hydrogen) atoms. The number of fused-ring (bicyclic) bond motifs is 5. The molecule has 1 N–H and O–H groups in total. The van der Waals surface area contributed by atoms with Crippen LogP contribution in [0.5, 0.6) is 0 Å². The highest BCUT2D eigenvalue weighted by Gasteiger charge is 2.66. The Balaban J connectivity index is 1.62. The molecule has 0 heterocycles. The summed E-state index contributed by atoms with van der Waals surface area (Å²) in [6.45, 7) is 4.09. The van der Waals surface area contributed by atoms with Crippen molar-refractivity contribution in [3.05, 3.63) is 33.8 Å². The van der Waals surface area contributed by atoms with Gasteiger partial charge in [0.1, 0.15) is 0 Å². The number of benzene rings is 1. The summed E-state index contributed by atoms with van der Waals surface area (Å²) in [5.41, 5.74) is 3.33. The Morgan fingerprint density at radius 3 is 2.37 bits per heavy atom. The number of halogens is 1. The molecule has 5 unspecified atom stereocenters. The molecule has 0 saturated heterocycles. The third-order valence-electron chi connectivity index (χ3n) is 6.03. The molecule has 1 nitrogen and oxygen atoms in total. The molecule has 102 valence electrons. The highest BCUT2D eigenvalue weighted by atomic mass is 35.5. The SMILES string of the molecule is Cc1cc(C(O)C2C3C4CCC(C4)C32)c(C)cc1Cl. The van der Waals surface area contributed by atoms with Crippen LogP contribution in [0, 0.1) is 43.4 Å². The third kappa shape index (κ3) is 1.64. The smallest absolute Gasteiger partial charge is 0.0826 e. The Morgan fingerprint density at radius 1 is 1.11 bits per heavy atom. The summed E-state index contributed by atoms with van der Waals surface area (Å²) in [7, 11) is 0. The molecule has 4 rings (SSSR count). The first kappa shape index (κ1) is 12.2. The molecule has 3 fully saturated rings. The third-order valence-corrected chi connectivity index (χ3v) is 6.43. The predicted molar refractivity (Wildman–Crippen MR) is 77.2 cm³/mol. The molecule has 0 radical (unpaired) electrons. The zero-order chi connectivity index (χ0) is 13.3. The number of hydrogen-bond acceptors (Lipinski definition) is 1. The maximum atomic E-state index is 10.8. The highest BCUT2D eigenvalue weighted by molar-refractivity contribution is 6.31. The molecule has 3 saturated carbocycles. The molecule has 0 aliphatic heterocycles. The molecule has 3 aliphatic carbocycles. The molecular formula is C17H21ClO. The van der Waals surface area contributed by atoms with Crippen LogP contribution in [0.15, 0.2) is 12.1 Å². The number of hydrogen-bond donors (Lipinski definition) is 1. The van der Waals surface area contributed by atoms with E-state index in [1.54, 1.807) is 0 Å². The Hall–Kier alpha value is -0.530. The van der Waals surface area contributed by atoms with Gasteiger partial charge in [0.2, 0.25) is 0 Å². The molecular weight excluding hydrogens is 256 g/mol. The molecule has 1 aromatic rings. The van der Waals surface area contributed by atoms with E-state index in [1.165, 1.54) is 19.3 Å². The lowest BCUT2D eigenvalue weighted by Crippen LogP contribution is -2.10. The van der Waals surface area contributed by atoms with Crippen LogP contribution in [0.1, 0.15) is 42.1 Å². The predicted octanol–water partition coefficient (Wildman–Crippen LogP) is 4.28. The van der Waals surface area contributed by atoms with Crippen molar-refractivity contribution in [1.29, 1.82) is 0 Å². The maximum absolute atomic E-state index is 10.8. The first-order valence-electron chi connectivity index (χ1n) is 7.52. The fraction of sp³-hybridized carbons (Fsp3) is 0.647. The summed E-state index contributed by atoms with van der Waals surface area (Å²) in [4.78, 5) is 0. The van der Waals surface area contributed by atoms with Gasteiger partial charge in [-0.2, -0.15) is 0 Å². The van der Waals surface area contributed by atoms with Crippen molar-refractivity contribution in [2.75, 3.05) is 0 Å². The van der Waals surface area contributed by atoms with Crippen molar-refractivity contribution in [1.82, 2.24) is 0 Å². The molecule has 3 aliphatic rings. The highest BCUT2D eigenvalue weighted by Crippen LogP contribution is 2.72. The molecule has 0 spiro atoms. The van der Waals surface area contributed by atoms with Crippen LogP contribution in [0.25, 0.3) is 0 Å². The van der Waals surface area contributed by atoms with E-state index in [0.717, 1.165) is 45.4 Å². The van der Waals surface area contributed by atoms with E-state index in [0.29, 0.717) is 5.92 Å². The molecule has 2 bridgehead atoms. The fourth-order valence-electron chi connectivity index (χ4n) is 5.14. The molecule has 5 atom stereocenters. The standard InChI is InChI=1S/C17H21ClO/c1-8-6-13(18)9(2)5-12(8)17(19)16-14-10-3-4-11(7-10)15(14)16/h5-6,10-11,14-17,19H,3-4,7H2,1-2H3. The van der Waals surface area contributed by atoms with Crippen LogP contribution in [0.2, 0.25) is 5.02 Å². The number of aliphatic hydroxyl groups is 1. The Labute approximate surface area is 120 Å². The van der Waals surface area contributed by atoms with Gasteiger partial charge < -0.3 is 5.11 Å². The Kier molecular flexibility index (Phi) is 2.57. The average Bonchev–Trinajstić information content (AvgIpc) is 2.81. The van der Waals surface area contributed by atoms with Crippen molar-refractivity contribution >= 4 is 11.6 Å². The topological polar surface area (TPSA) is 20.2 Å². The summed E-state index contributed by atoms with van der Waals surface area (Å²) in [5.74, 6) is 4.02. The lowest BCUT2D eigenvalue weighted by atomic mass is 9.92. The number of rotatable bonds is 2. The largest absolute Gasteiger partial charge is 0.388 e. The van der Waals surface area contributed by atoms with Crippen LogP contribution in [0.4, 0.5) is 0 Å². The molecule has 0 aromatic heterocycles. The summed E-state index contributed by atoms with van der Waals surface area (Å²) in [6, 6.07) is 4.10. The lowest BCUT2D eigenvalue weighted by Gasteiger charge is -2.18. The quantitative estimate of drug-likeness (QED) is 0.855. The van der Waals surface area contributed by atoms with Gasteiger partial charge in [-0.3, -0.25) is 0 Å². The van der Waals surface area contributed by atoms with E-state index in [4.69, 9.17) is 11.6 Å². The normalized spacial score (nSPS) is 40.3. The van der Waals surface area contributed by atoms with Crippen LogP contribution < -0.4 is 0 Å². The zero-order valence-electron chi connectivity index (χ0n) is 11.6. The second-order valence-electron chi connectivity index (χ2n) is 6.97. The number of aliphatic hydroxyl groups excluding tert-OH is 1. The minimum absolute atomic E-state index is 0.269. The van der Waals surface area contributed by atoms with Gasteiger partial charge in [-0.1, -0.05) is 17.7 Å². The Bertz CT molecular complexity index is 522. The second kappa shape index (κ2) is 3.99. The van der Waals surface area contributed by atoms with E-state index in [1.807, 2.05) is 13.0 Å².